The van der Waals surface area contributed by atoms with Crippen LogP contribution in [-0.2, 0) is 0 Å². The number of benzene rings is 1. The van der Waals surface area contributed by atoms with Gasteiger partial charge in [-0.15, -0.1) is 0 Å². The third-order valence-corrected chi connectivity index (χ3v) is 4.74. The average molecular weight is 379 g/mol. The van der Waals surface area contributed by atoms with Gasteiger partial charge >= 0.3 is 0 Å². The predicted octanol–water partition coefficient (Wildman–Crippen LogP) is 4.02. The summed E-state index contributed by atoms with van der Waals surface area (Å²) >= 11 is 6.80. The Morgan fingerprint density at radius 1 is 1.28 bits per heavy atom. The largest absolute Gasteiger partial charge is 0.349 e. The molecule has 18 heavy (non-hydrogen) atoms. The van der Waals surface area contributed by atoms with Gasteiger partial charge in [-0.2, -0.15) is 0 Å². The second-order valence-electron chi connectivity index (χ2n) is 4.55. The molecule has 0 saturated heterocycles. The molecule has 0 unspecified atom stereocenters. The third kappa shape index (κ3) is 3.54. The van der Waals surface area contributed by atoms with Gasteiger partial charge in [0, 0.05) is 15.3 Å². The van der Waals surface area contributed by atoms with E-state index in [0.29, 0.717) is 14.9 Å². The van der Waals surface area contributed by atoms with E-state index in [1.165, 1.54) is 18.2 Å². The van der Waals surface area contributed by atoms with E-state index >= 15 is 0 Å². The number of amides is 1. The Hall–Kier alpha value is -0.420. The molecule has 0 radical (unpaired) electrons. The molecule has 0 spiro atoms. The van der Waals surface area contributed by atoms with Gasteiger partial charge in [0.05, 0.1) is 5.56 Å². The van der Waals surface area contributed by atoms with Gasteiger partial charge in [0.1, 0.15) is 5.82 Å². The van der Waals surface area contributed by atoms with Crippen molar-refractivity contribution >= 4 is 37.8 Å². The van der Waals surface area contributed by atoms with Crippen LogP contribution in [0.1, 0.15) is 36.0 Å². The average Bonchev–Trinajstić information content (AvgIpc) is 2.32. The van der Waals surface area contributed by atoms with Crippen molar-refractivity contribution in [1.29, 1.82) is 0 Å². The first-order valence-electron chi connectivity index (χ1n) is 5.96. The standard InChI is InChI=1S/C13H14Br2FNO/c14-8-1-4-10(5-2-8)17-13(18)11-6-3-9(16)7-12(11)15/h3,6-8,10H,1-2,4-5H2,(H,17,18). The molecule has 5 heteroatoms. The van der Waals surface area contributed by atoms with Crippen molar-refractivity contribution in [2.45, 2.75) is 36.6 Å². The van der Waals surface area contributed by atoms with Crippen LogP contribution in [0.2, 0.25) is 0 Å². The zero-order valence-electron chi connectivity index (χ0n) is 9.76. The molecule has 0 heterocycles. The van der Waals surface area contributed by atoms with Crippen molar-refractivity contribution in [2.24, 2.45) is 0 Å². The Bertz CT molecular complexity index is 445. The van der Waals surface area contributed by atoms with Crippen molar-refractivity contribution < 1.29 is 9.18 Å². The number of hydrogen-bond acceptors (Lipinski definition) is 1. The number of hydrogen-bond donors (Lipinski definition) is 1. The molecule has 1 aliphatic carbocycles. The Morgan fingerprint density at radius 2 is 1.94 bits per heavy atom. The Labute approximate surface area is 123 Å². The van der Waals surface area contributed by atoms with Gasteiger partial charge in [0.25, 0.3) is 5.91 Å². The van der Waals surface area contributed by atoms with E-state index < -0.39 is 0 Å². The summed E-state index contributed by atoms with van der Waals surface area (Å²) in [4.78, 5) is 12.6. The fraction of sp³-hybridized carbons (Fsp3) is 0.462. The van der Waals surface area contributed by atoms with Crippen LogP contribution < -0.4 is 5.32 Å². The van der Waals surface area contributed by atoms with Crippen LogP contribution in [-0.4, -0.2) is 16.8 Å². The molecule has 1 N–H and O–H groups in total. The molecule has 0 aliphatic heterocycles. The maximum atomic E-state index is 12.9. The highest BCUT2D eigenvalue weighted by Gasteiger charge is 2.21. The van der Waals surface area contributed by atoms with Crippen LogP contribution in [0, 0.1) is 5.82 Å². The van der Waals surface area contributed by atoms with Gasteiger partial charge in [-0.05, 0) is 59.8 Å². The van der Waals surface area contributed by atoms with Gasteiger partial charge in [-0.1, -0.05) is 15.9 Å². The first kappa shape index (κ1) is 14.0. The van der Waals surface area contributed by atoms with Crippen LogP contribution in [0.4, 0.5) is 4.39 Å². The minimum absolute atomic E-state index is 0.139. The lowest BCUT2D eigenvalue weighted by atomic mass is 9.95. The topological polar surface area (TPSA) is 29.1 Å². The zero-order chi connectivity index (χ0) is 13.1. The molecular formula is C13H14Br2FNO. The molecule has 1 aromatic rings. The summed E-state index contributed by atoms with van der Waals surface area (Å²) in [6.07, 6.45) is 4.13. The van der Waals surface area contributed by atoms with E-state index in [2.05, 4.69) is 37.2 Å². The molecule has 2 rings (SSSR count). The summed E-state index contributed by atoms with van der Waals surface area (Å²) in [5.41, 5.74) is 0.484. The molecule has 2 nitrogen and oxygen atoms in total. The number of rotatable bonds is 2. The summed E-state index contributed by atoms with van der Waals surface area (Å²) in [5.74, 6) is -0.488. The minimum Gasteiger partial charge on any atom is -0.349 e. The van der Waals surface area contributed by atoms with Crippen molar-refractivity contribution in [2.75, 3.05) is 0 Å². The molecular weight excluding hydrogens is 365 g/mol. The molecule has 0 atom stereocenters. The first-order valence-corrected chi connectivity index (χ1v) is 7.67. The van der Waals surface area contributed by atoms with Crippen LogP contribution in [0.3, 0.4) is 0 Å². The monoisotopic (exact) mass is 377 g/mol. The van der Waals surface area contributed by atoms with Gasteiger partial charge in [0.15, 0.2) is 0 Å². The van der Waals surface area contributed by atoms with E-state index in [9.17, 15) is 9.18 Å². The highest BCUT2D eigenvalue weighted by Crippen LogP contribution is 2.25. The second kappa shape index (κ2) is 6.15. The smallest absolute Gasteiger partial charge is 0.252 e. The normalized spacial score (nSPS) is 23.7. The lowest BCUT2D eigenvalue weighted by molar-refractivity contribution is 0.0927. The zero-order valence-corrected chi connectivity index (χ0v) is 12.9. The van der Waals surface area contributed by atoms with E-state index in [-0.39, 0.29) is 17.8 Å². The maximum absolute atomic E-state index is 12.9. The fourth-order valence-electron chi connectivity index (χ4n) is 2.13. The highest BCUT2D eigenvalue weighted by molar-refractivity contribution is 9.10. The van der Waals surface area contributed by atoms with Crippen molar-refractivity contribution in [3.63, 3.8) is 0 Å². The maximum Gasteiger partial charge on any atom is 0.252 e. The molecule has 1 saturated carbocycles. The minimum atomic E-state index is -0.349. The highest BCUT2D eigenvalue weighted by atomic mass is 79.9. The molecule has 1 amide bonds. The Morgan fingerprint density at radius 3 is 2.56 bits per heavy atom. The van der Waals surface area contributed by atoms with Gasteiger partial charge < -0.3 is 5.32 Å². The molecule has 1 fully saturated rings. The lowest BCUT2D eigenvalue weighted by Crippen LogP contribution is -2.37. The van der Waals surface area contributed by atoms with Gasteiger partial charge in [-0.3, -0.25) is 4.79 Å². The lowest BCUT2D eigenvalue weighted by Gasteiger charge is -2.26. The van der Waals surface area contributed by atoms with E-state index in [1.807, 2.05) is 0 Å². The Kier molecular flexibility index (Phi) is 4.78. The molecule has 1 aliphatic rings. The molecule has 1 aromatic carbocycles. The van der Waals surface area contributed by atoms with Crippen molar-refractivity contribution in [3.05, 3.63) is 34.1 Å². The summed E-state index contributed by atoms with van der Waals surface area (Å²) in [6.45, 7) is 0. The van der Waals surface area contributed by atoms with Crippen LogP contribution in [0.5, 0.6) is 0 Å². The van der Waals surface area contributed by atoms with E-state index in [4.69, 9.17) is 0 Å². The van der Waals surface area contributed by atoms with E-state index in [1.54, 1.807) is 0 Å². The number of nitrogens with one attached hydrogen (secondary N) is 1. The van der Waals surface area contributed by atoms with Crippen LogP contribution in [0.25, 0.3) is 0 Å². The van der Waals surface area contributed by atoms with E-state index in [0.717, 1.165) is 25.7 Å². The van der Waals surface area contributed by atoms with Crippen LogP contribution in [0.15, 0.2) is 22.7 Å². The molecule has 98 valence electrons. The number of halogens is 3. The first-order chi connectivity index (χ1) is 8.56. The number of carbonyl (C=O) groups is 1. The fourth-order valence-corrected chi connectivity index (χ4v) is 3.19. The van der Waals surface area contributed by atoms with Crippen molar-refractivity contribution in [3.8, 4) is 0 Å². The summed E-state index contributed by atoms with van der Waals surface area (Å²) in [7, 11) is 0. The van der Waals surface area contributed by atoms with Gasteiger partial charge in [-0.25, -0.2) is 4.39 Å². The summed E-state index contributed by atoms with van der Waals surface area (Å²) < 4.78 is 13.4. The predicted molar refractivity (Wildman–Crippen MR) is 76.5 cm³/mol. The van der Waals surface area contributed by atoms with Gasteiger partial charge in [0.2, 0.25) is 0 Å². The number of alkyl halides is 1. The second-order valence-corrected chi connectivity index (χ2v) is 6.70. The summed E-state index contributed by atoms with van der Waals surface area (Å²) in [6, 6.07) is 4.34. The summed E-state index contributed by atoms with van der Waals surface area (Å²) in [5, 5.41) is 3.00. The molecule has 0 aromatic heterocycles. The third-order valence-electron chi connectivity index (χ3n) is 3.17. The van der Waals surface area contributed by atoms with Crippen LogP contribution >= 0.6 is 31.9 Å². The Balaban J connectivity index is 1.99. The number of carbonyl (C=O) groups excluding carboxylic acids is 1. The quantitative estimate of drug-likeness (QED) is 0.773. The molecule has 0 bridgehead atoms. The SMILES string of the molecule is O=C(NC1CCC(Br)CC1)c1ccc(F)cc1Br. The van der Waals surface area contributed by atoms with Crippen molar-refractivity contribution in [1.82, 2.24) is 5.32 Å².